The Labute approximate surface area is 216 Å². The predicted octanol–water partition coefficient (Wildman–Crippen LogP) is 4.77. The van der Waals surface area contributed by atoms with Crippen LogP contribution in [-0.4, -0.2) is 42.4 Å². The van der Waals surface area contributed by atoms with Gasteiger partial charge in [0.2, 0.25) is 0 Å². The number of esters is 1. The van der Waals surface area contributed by atoms with Crippen LogP contribution in [0.2, 0.25) is 0 Å². The Bertz CT molecular complexity index is 1620. The van der Waals surface area contributed by atoms with Crippen molar-refractivity contribution in [3.63, 3.8) is 0 Å². The molecule has 2 aromatic carbocycles. The highest BCUT2D eigenvalue weighted by atomic mass is 32.2. The average Bonchev–Trinajstić information content (AvgIpc) is 3.19. The molecule has 4 rings (SSSR count). The lowest BCUT2D eigenvalue weighted by atomic mass is 9.80. The third-order valence-corrected chi connectivity index (χ3v) is 6.94. The number of ether oxygens (including phenoxy) is 1. The SMILES string of the molecule is COC(=O)[C@](C)(Cc1cccc(F)c1)c1ccnc2c(-c3ccc(C(F)(F)F)cc3)c(CS(C)(=O)=O)nn12. The van der Waals surface area contributed by atoms with E-state index in [0.29, 0.717) is 5.56 Å². The van der Waals surface area contributed by atoms with Crippen LogP contribution in [0.25, 0.3) is 16.8 Å². The van der Waals surface area contributed by atoms with E-state index in [1.165, 1.54) is 54.2 Å². The third kappa shape index (κ3) is 5.40. The molecule has 0 saturated carbocycles. The number of hydrogen-bond donors (Lipinski definition) is 0. The fourth-order valence-electron chi connectivity index (χ4n) is 4.43. The Morgan fingerprint density at radius 3 is 2.34 bits per heavy atom. The van der Waals surface area contributed by atoms with E-state index in [9.17, 15) is 30.8 Å². The molecule has 12 heteroatoms. The van der Waals surface area contributed by atoms with E-state index in [1.807, 2.05) is 0 Å². The number of carbonyl (C=O) groups excluding carboxylic acids is 1. The minimum Gasteiger partial charge on any atom is -0.468 e. The van der Waals surface area contributed by atoms with Crippen molar-refractivity contribution in [1.82, 2.24) is 14.6 Å². The van der Waals surface area contributed by atoms with Gasteiger partial charge in [-0.25, -0.2) is 22.3 Å². The molecule has 200 valence electrons. The van der Waals surface area contributed by atoms with Crippen LogP contribution in [0, 0.1) is 5.82 Å². The second kappa shape index (κ2) is 9.82. The van der Waals surface area contributed by atoms with E-state index in [4.69, 9.17) is 4.74 Å². The molecule has 0 N–H and O–H groups in total. The molecule has 7 nitrogen and oxygen atoms in total. The Balaban J connectivity index is 1.97. The fourth-order valence-corrected chi connectivity index (χ4v) is 5.12. The molecule has 0 bridgehead atoms. The van der Waals surface area contributed by atoms with Gasteiger partial charge in [0.25, 0.3) is 0 Å². The van der Waals surface area contributed by atoms with E-state index >= 15 is 0 Å². The highest BCUT2D eigenvalue weighted by Gasteiger charge is 2.40. The summed E-state index contributed by atoms with van der Waals surface area (Å²) in [5, 5.41) is 4.46. The van der Waals surface area contributed by atoms with Gasteiger partial charge in [-0.05, 0) is 54.8 Å². The Morgan fingerprint density at radius 2 is 1.76 bits per heavy atom. The summed E-state index contributed by atoms with van der Waals surface area (Å²) >= 11 is 0. The molecule has 0 fully saturated rings. The Kier molecular flexibility index (Phi) is 7.04. The number of hydrogen-bond acceptors (Lipinski definition) is 6. The van der Waals surface area contributed by atoms with Crippen molar-refractivity contribution in [2.45, 2.75) is 30.7 Å². The molecule has 0 radical (unpaired) electrons. The predicted molar refractivity (Wildman–Crippen MR) is 131 cm³/mol. The second-order valence-electron chi connectivity index (χ2n) is 9.16. The topological polar surface area (TPSA) is 90.6 Å². The molecule has 38 heavy (non-hydrogen) atoms. The van der Waals surface area contributed by atoms with Crippen LogP contribution in [0.4, 0.5) is 17.6 Å². The van der Waals surface area contributed by atoms with E-state index in [0.717, 1.165) is 18.4 Å². The van der Waals surface area contributed by atoms with Crippen LogP contribution in [0.3, 0.4) is 0 Å². The number of fused-ring (bicyclic) bond motifs is 1. The fraction of sp³-hybridized carbons (Fsp3) is 0.269. The standard InChI is InChI=1S/C26H23F4N3O4S/c1-25(24(34)37-2,14-16-5-4-6-19(27)13-16)21-11-12-31-23-22(20(32-33(21)23)15-38(3,35)36)17-7-9-18(10-8-17)26(28,29)30/h4-13H,14-15H2,1-3H3/t25-/m1/s1. The van der Waals surface area contributed by atoms with Gasteiger partial charge in [0.1, 0.15) is 11.2 Å². The maximum atomic E-state index is 13.9. The van der Waals surface area contributed by atoms with Gasteiger partial charge in [-0.2, -0.15) is 18.3 Å². The van der Waals surface area contributed by atoms with Crippen LogP contribution in [-0.2, 0) is 43.1 Å². The Hall–Kier alpha value is -3.80. The lowest BCUT2D eigenvalue weighted by Gasteiger charge is -2.27. The van der Waals surface area contributed by atoms with Gasteiger partial charge in [-0.15, -0.1) is 0 Å². The van der Waals surface area contributed by atoms with Crippen molar-refractivity contribution >= 4 is 21.5 Å². The molecule has 0 amide bonds. The lowest BCUT2D eigenvalue weighted by Crippen LogP contribution is -2.38. The van der Waals surface area contributed by atoms with Crippen LogP contribution in [0.15, 0.2) is 60.8 Å². The summed E-state index contributed by atoms with van der Waals surface area (Å²) in [6, 6.07) is 11.4. The molecule has 0 aliphatic carbocycles. The third-order valence-electron chi connectivity index (χ3n) is 6.14. The first-order chi connectivity index (χ1) is 17.7. The lowest BCUT2D eigenvalue weighted by molar-refractivity contribution is -0.147. The van der Waals surface area contributed by atoms with Crippen LogP contribution < -0.4 is 0 Å². The number of methoxy groups -OCH3 is 1. The maximum Gasteiger partial charge on any atom is 0.416 e. The van der Waals surface area contributed by atoms with Gasteiger partial charge in [0.05, 0.1) is 35.4 Å². The van der Waals surface area contributed by atoms with Crippen molar-refractivity contribution in [3.05, 3.63) is 89.1 Å². The number of carbonyl (C=O) groups is 1. The normalized spacial score (nSPS) is 13.9. The van der Waals surface area contributed by atoms with Crippen molar-refractivity contribution < 1.29 is 35.5 Å². The van der Waals surface area contributed by atoms with Gasteiger partial charge in [-0.1, -0.05) is 24.3 Å². The minimum absolute atomic E-state index is 0.00737. The van der Waals surface area contributed by atoms with Gasteiger partial charge < -0.3 is 4.74 Å². The van der Waals surface area contributed by atoms with Crippen molar-refractivity contribution in [2.24, 2.45) is 0 Å². The maximum absolute atomic E-state index is 13.9. The molecule has 0 aliphatic rings. The van der Waals surface area contributed by atoms with E-state index < -0.39 is 44.5 Å². The molecule has 0 unspecified atom stereocenters. The summed E-state index contributed by atoms with van der Waals surface area (Å²) in [4.78, 5) is 17.4. The summed E-state index contributed by atoms with van der Waals surface area (Å²) in [6.07, 6.45) is -2.16. The average molecular weight is 550 g/mol. The number of nitrogens with zero attached hydrogens (tertiary/aromatic N) is 3. The molecule has 0 spiro atoms. The molecule has 2 aromatic heterocycles. The van der Waals surface area contributed by atoms with Gasteiger partial charge in [0, 0.05) is 12.5 Å². The van der Waals surface area contributed by atoms with Gasteiger partial charge >= 0.3 is 12.1 Å². The zero-order valence-corrected chi connectivity index (χ0v) is 21.4. The van der Waals surface area contributed by atoms with E-state index in [2.05, 4.69) is 10.1 Å². The van der Waals surface area contributed by atoms with Crippen molar-refractivity contribution in [2.75, 3.05) is 13.4 Å². The summed E-state index contributed by atoms with van der Waals surface area (Å²) in [5.74, 6) is -1.68. The number of aromatic nitrogens is 3. The first-order valence-corrected chi connectivity index (χ1v) is 13.3. The molecule has 0 saturated heterocycles. The first kappa shape index (κ1) is 27.2. The highest BCUT2D eigenvalue weighted by Crippen LogP contribution is 2.36. The van der Waals surface area contributed by atoms with E-state index in [1.54, 1.807) is 13.0 Å². The van der Waals surface area contributed by atoms with Crippen LogP contribution in [0.1, 0.15) is 29.4 Å². The smallest absolute Gasteiger partial charge is 0.416 e. The van der Waals surface area contributed by atoms with Crippen molar-refractivity contribution in [1.29, 1.82) is 0 Å². The number of rotatable bonds is 7. The number of alkyl halides is 3. The quantitative estimate of drug-likeness (QED) is 0.244. The molecule has 1 atom stereocenters. The second-order valence-corrected chi connectivity index (χ2v) is 11.3. The summed E-state index contributed by atoms with van der Waals surface area (Å²) in [7, 11) is -2.42. The molecular formula is C26H23F4N3O4S. The number of halogens is 4. The first-order valence-electron chi connectivity index (χ1n) is 11.3. The minimum atomic E-state index is -4.56. The molecule has 2 heterocycles. The van der Waals surface area contributed by atoms with Crippen LogP contribution in [0.5, 0.6) is 0 Å². The van der Waals surface area contributed by atoms with E-state index in [-0.39, 0.29) is 34.6 Å². The van der Waals surface area contributed by atoms with Gasteiger partial charge in [0.15, 0.2) is 15.5 Å². The number of sulfone groups is 1. The Morgan fingerprint density at radius 1 is 1.08 bits per heavy atom. The monoisotopic (exact) mass is 549 g/mol. The number of benzene rings is 2. The summed E-state index contributed by atoms with van der Waals surface area (Å²) < 4.78 is 84.2. The molecular weight excluding hydrogens is 526 g/mol. The summed E-state index contributed by atoms with van der Waals surface area (Å²) in [6.45, 7) is 1.58. The largest absolute Gasteiger partial charge is 0.468 e. The van der Waals surface area contributed by atoms with Crippen molar-refractivity contribution in [3.8, 4) is 11.1 Å². The van der Waals surface area contributed by atoms with Gasteiger partial charge in [-0.3, -0.25) is 4.79 Å². The summed E-state index contributed by atoms with van der Waals surface area (Å²) in [5.41, 5.74) is -0.869. The zero-order valence-electron chi connectivity index (χ0n) is 20.6. The zero-order chi connectivity index (χ0) is 27.9. The molecule has 4 aromatic rings. The van der Waals surface area contributed by atoms with Crippen LogP contribution >= 0.6 is 0 Å². The highest BCUT2D eigenvalue weighted by molar-refractivity contribution is 7.89. The molecule has 0 aliphatic heterocycles.